The largest absolute Gasteiger partial charge is 0.508 e. The minimum absolute atomic E-state index is 0.160. The molecule has 3 N–H and O–H groups in total. The summed E-state index contributed by atoms with van der Waals surface area (Å²) in [6, 6.07) is 5.59. The van der Waals surface area contributed by atoms with E-state index in [4.69, 9.17) is 0 Å². The summed E-state index contributed by atoms with van der Waals surface area (Å²) in [5.74, 6) is 6.25. The van der Waals surface area contributed by atoms with Gasteiger partial charge in [-0.1, -0.05) is 18.9 Å². The molecule has 1 aromatic carbocycles. The standard InChI is InChI=1S/C20H26O3/c1-4-10-20(23)12-15-7-6-14-11-16(21)8-9-17(14)19(15,5-2)13-18(20,3)22/h8-9,11,15,21-23H,5-7,12-13H2,1-3H3/t15-,18-,19-,20+/m1/s1. The van der Waals surface area contributed by atoms with Crippen LogP contribution in [0.25, 0.3) is 0 Å². The number of fused-ring (bicyclic) bond motifs is 3. The second kappa shape index (κ2) is 5.26. The number of aromatic hydroxyl groups is 1. The highest BCUT2D eigenvalue weighted by molar-refractivity contribution is 5.44. The topological polar surface area (TPSA) is 60.7 Å². The van der Waals surface area contributed by atoms with Gasteiger partial charge in [-0.25, -0.2) is 0 Å². The molecular formula is C20H26O3. The third kappa shape index (κ3) is 2.28. The Balaban J connectivity index is 2.13. The summed E-state index contributed by atoms with van der Waals surface area (Å²) in [4.78, 5) is 0. The number of hydrogen-bond donors (Lipinski definition) is 3. The van der Waals surface area contributed by atoms with Gasteiger partial charge in [0.1, 0.15) is 11.4 Å². The first-order chi connectivity index (χ1) is 10.8. The van der Waals surface area contributed by atoms with Gasteiger partial charge < -0.3 is 15.3 Å². The zero-order valence-electron chi connectivity index (χ0n) is 14.2. The van der Waals surface area contributed by atoms with Crippen molar-refractivity contribution < 1.29 is 15.3 Å². The number of rotatable bonds is 1. The molecule has 1 saturated carbocycles. The van der Waals surface area contributed by atoms with Gasteiger partial charge in [0.05, 0.1) is 0 Å². The van der Waals surface area contributed by atoms with E-state index < -0.39 is 11.2 Å². The maximum atomic E-state index is 11.0. The van der Waals surface area contributed by atoms with Crippen LogP contribution in [0.1, 0.15) is 57.6 Å². The fraction of sp³-hybridized carbons (Fsp3) is 0.600. The summed E-state index contributed by atoms with van der Waals surface area (Å²) in [6.45, 7) is 5.56. The first-order valence-electron chi connectivity index (χ1n) is 8.49. The molecule has 23 heavy (non-hydrogen) atoms. The first-order valence-corrected chi connectivity index (χ1v) is 8.49. The number of phenols is 1. The number of phenolic OH excluding ortho intramolecular Hbond substituents is 1. The summed E-state index contributed by atoms with van der Waals surface area (Å²) in [6.07, 6.45) is 3.74. The highest BCUT2D eigenvalue weighted by atomic mass is 16.4. The van der Waals surface area contributed by atoms with Gasteiger partial charge in [0.15, 0.2) is 5.60 Å². The molecule has 0 radical (unpaired) electrons. The van der Waals surface area contributed by atoms with Crippen LogP contribution in [-0.2, 0) is 11.8 Å². The molecule has 0 aliphatic heterocycles. The van der Waals surface area contributed by atoms with Crippen molar-refractivity contribution in [2.75, 3.05) is 0 Å². The molecule has 0 unspecified atom stereocenters. The molecule has 0 bridgehead atoms. The van der Waals surface area contributed by atoms with E-state index in [0.29, 0.717) is 18.6 Å². The van der Waals surface area contributed by atoms with Crippen LogP contribution in [0.5, 0.6) is 5.75 Å². The van der Waals surface area contributed by atoms with Crippen LogP contribution in [0, 0.1) is 17.8 Å². The molecule has 2 aliphatic rings. The lowest BCUT2D eigenvalue weighted by molar-refractivity contribution is -0.168. The van der Waals surface area contributed by atoms with Gasteiger partial charge in [-0.2, -0.15) is 0 Å². The highest BCUT2D eigenvalue weighted by Gasteiger charge is 2.59. The first kappa shape index (κ1) is 16.4. The van der Waals surface area contributed by atoms with E-state index in [9.17, 15) is 15.3 Å². The molecule has 0 amide bonds. The minimum Gasteiger partial charge on any atom is -0.508 e. The van der Waals surface area contributed by atoms with Crippen molar-refractivity contribution in [1.82, 2.24) is 0 Å². The molecule has 124 valence electrons. The molecule has 3 rings (SSSR count). The van der Waals surface area contributed by atoms with Crippen molar-refractivity contribution in [1.29, 1.82) is 0 Å². The number of benzene rings is 1. The van der Waals surface area contributed by atoms with Gasteiger partial charge >= 0.3 is 0 Å². The van der Waals surface area contributed by atoms with E-state index >= 15 is 0 Å². The van der Waals surface area contributed by atoms with Gasteiger partial charge in [0, 0.05) is 5.41 Å². The Bertz CT molecular complexity index is 682. The monoisotopic (exact) mass is 314 g/mol. The highest BCUT2D eigenvalue weighted by Crippen LogP contribution is 2.57. The zero-order chi connectivity index (χ0) is 16.9. The summed E-state index contributed by atoms with van der Waals surface area (Å²) in [5.41, 5.74) is -0.368. The average Bonchev–Trinajstić information content (AvgIpc) is 2.48. The molecule has 1 aromatic rings. The predicted molar refractivity (Wildman–Crippen MR) is 90.1 cm³/mol. The quantitative estimate of drug-likeness (QED) is 0.699. The van der Waals surface area contributed by atoms with Gasteiger partial charge in [-0.05, 0) is 75.1 Å². The summed E-state index contributed by atoms with van der Waals surface area (Å²) < 4.78 is 0. The second-order valence-electron chi connectivity index (χ2n) is 7.48. The van der Waals surface area contributed by atoms with Gasteiger partial charge in [0.25, 0.3) is 0 Å². The van der Waals surface area contributed by atoms with E-state index in [-0.39, 0.29) is 11.3 Å². The predicted octanol–water partition coefficient (Wildman–Crippen LogP) is 2.90. The van der Waals surface area contributed by atoms with E-state index in [2.05, 4.69) is 18.8 Å². The van der Waals surface area contributed by atoms with Crippen molar-refractivity contribution >= 4 is 0 Å². The Hall–Kier alpha value is -1.50. The Morgan fingerprint density at radius 3 is 2.70 bits per heavy atom. The van der Waals surface area contributed by atoms with Crippen LogP contribution in [0.2, 0.25) is 0 Å². The molecule has 0 heterocycles. The Morgan fingerprint density at radius 1 is 1.30 bits per heavy atom. The molecule has 0 saturated heterocycles. The van der Waals surface area contributed by atoms with Gasteiger partial charge in [-0.15, -0.1) is 5.92 Å². The van der Waals surface area contributed by atoms with Crippen LogP contribution >= 0.6 is 0 Å². The average molecular weight is 314 g/mol. The van der Waals surface area contributed by atoms with E-state index in [0.717, 1.165) is 19.3 Å². The molecular weight excluding hydrogens is 288 g/mol. The molecule has 3 nitrogen and oxygen atoms in total. The molecule has 3 heteroatoms. The molecule has 0 aromatic heterocycles. The van der Waals surface area contributed by atoms with Gasteiger partial charge in [0.2, 0.25) is 0 Å². The Labute approximate surface area is 138 Å². The second-order valence-corrected chi connectivity index (χ2v) is 7.48. The fourth-order valence-corrected chi connectivity index (χ4v) is 4.97. The Morgan fingerprint density at radius 2 is 2.04 bits per heavy atom. The third-order valence-electron chi connectivity index (χ3n) is 6.22. The zero-order valence-corrected chi connectivity index (χ0v) is 14.2. The smallest absolute Gasteiger partial charge is 0.153 e. The van der Waals surface area contributed by atoms with Crippen LogP contribution in [-0.4, -0.2) is 26.5 Å². The van der Waals surface area contributed by atoms with Crippen molar-refractivity contribution in [2.24, 2.45) is 5.92 Å². The maximum absolute atomic E-state index is 11.0. The summed E-state index contributed by atoms with van der Waals surface area (Å²) in [7, 11) is 0. The van der Waals surface area contributed by atoms with E-state index in [1.165, 1.54) is 11.1 Å². The lowest BCUT2D eigenvalue weighted by Gasteiger charge is -2.57. The minimum atomic E-state index is -1.35. The molecule has 4 atom stereocenters. The maximum Gasteiger partial charge on any atom is 0.153 e. The number of hydrogen-bond acceptors (Lipinski definition) is 3. The normalized spacial score (nSPS) is 38.9. The number of aliphatic hydroxyl groups is 2. The molecule has 0 spiro atoms. The van der Waals surface area contributed by atoms with Crippen molar-refractivity contribution in [2.45, 2.75) is 69.5 Å². The lowest BCUT2D eigenvalue weighted by Crippen LogP contribution is -2.63. The van der Waals surface area contributed by atoms with Crippen molar-refractivity contribution in [3.8, 4) is 17.6 Å². The SMILES string of the molecule is CC#C[C@]1(O)C[C@H]2CCc3cc(O)ccc3[C@]2(CC)C[C@@]1(C)O. The third-order valence-corrected chi connectivity index (χ3v) is 6.22. The van der Waals surface area contributed by atoms with Crippen molar-refractivity contribution in [3.63, 3.8) is 0 Å². The van der Waals surface area contributed by atoms with Crippen LogP contribution in [0.3, 0.4) is 0 Å². The molecule has 1 fully saturated rings. The molecule has 2 aliphatic carbocycles. The van der Waals surface area contributed by atoms with Crippen molar-refractivity contribution in [3.05, 3.63) is 29.3 Å². The summed E-state index contributed by atoms with van der Waals surface area (Å²) in [5, 5.41) is 31.8. The number of aryl methyl sites for hydroxylation is 1. The van der Waals surface area contributed by atoms with Crippen LogP contribution in [0.4, 0.5) is 0 Å². The lowest BCUT2D eigenvalue weighted by atomic mass is 9.50. The Kier molecular flexibility index (Phi) is 3.74. The summed E-state index contributed by atoms with van der Waals surface area (Å²) >= 11 is 0. The van der Waals surface area contributed by atoms with E-state index in [1.54, 1.807) is 19.9 Å². The van der Waals surface area contributed by atoms with E-state index in [1.807, 2.05) is 12.1 Å². The van der Waals surface area contributed by atoms with Gasteiger partial charge in [-0.3, -0.25) is 0 Å². The van der Waals surface area contributed by atoms with Crippen LogP contribution < -0.4 is 0 Å². The van der Waals surface area contributed by atoms with Crippen LogP contribution in [0.15, 0.2) is 18.2 Å². The fourth-order valence-electron chi connectivity index (χ4n) is 4.97.